The lowest BCUT2D eigenvalue weighted by atomic mass is 10.2. The van der Waals surface area contributed by atoms with Crippen molar-refractivity contribution in [3.63, 3.8) is 0 Å². The molecule has 4 nitrogen and oxygen atoms in total. The Morgan fingerprint density at radius 3 is 2.04 bits per heavy atom. The molecule has 0 aliphatic carbocycles. The Morgan fingerprint density at radius 1 is 0.913 bits per heavy atom. The van der Waals surface area contributed by atoms with E-state index >= 15 is 0 Å². The van der Waals surface area contributed by atoms with Gasteiger partial charge in [0.15, 0.2) is 6.61 Å². The molecule has 0 aliphatic heterocycles. The highest BCUT2D eigenvalue weighted by Crippen LogP contribution is 2.33. The van der Waals surface area contributed by atoms with Crippen LogP contribution in [0.4, 0.5) is 5.69 Å². The summed E-state index contributed by atoms with van der Waals surface area (Å²) in [5.41, 5.74) is 0.482. The second-order valence-corrected chi connectivity index (χ2v) is 6.06. The van der Waals surface area contributed by atoms with Crippen molar-refractivity contribution in [2.45, 2.75) is 0 Å². The second-order valence-electron chi connectivity index (χ2n) is 4.38. The first-order valence-electron chi connectivity index (χ1n) is 6.24. The van der Waals surface area contributed by atoms with Gasteiger partial charge in [-0.15, -0.1) is 0 Å². The third-order valence-corrected chi connectivity index (χ3v) is 3.75. The molecule has 0 aromatic heterocycles. The smallest absolute Gasteiger partial charge is 0.338 e. The highest BCUT2D eigenvalue weighted by Gasteiger charge is 2.14. The molecule has 0 aliphatic rings. The van der Waals surface area contributed by atoms with Crippen molar-refractivity contribution in [3.05, 3.63) is 62.1 Å². The molecule has 23 heavy (non-hydrogen) atoms. The third-order valence-electron chi connectivity index (χ3n) is 2.69. The largest absolute Gasteiger partial charge is 0.452 e. The van der Waals surface area contributed by atoms with Gasteiger partial charge in [0.1, 0.15) is 0 Å². The van der Waals surface area contributed by atoms with Crippen LogP contribution in [0, 0.1) is 0 Å². The average Bonchev–Trinajstić information content (AvgIpc) is 2.49. The highest BCUT2D eigenvalue weighted by atomic mass is 35.5. The number of halogens is 4. The summed E-state index contributed by atoms with van der Waals surface area (Å²) in [5.74, 6) is -1.23. The van der Waals surface area contributed by atoms with E-state index in [2.05, 4.69) is 5.32 Å². The van der Waals surface area contributed by atoms with Crippen molar-refractivity contribution in [2.75, 3.05) is 11.9 Å². The minimum absolute atomic E-state index is 0.180. The topological polar surface area (TPSA) is 55.4 Å². The predicted molar refractivity (Wildman–Crippen MR) is 91.8 cm³/mol. The van der Waals surface area contributed by atoms with Gasteiger partial charge in [-0.2, -0.15) is 0 Å². The molecule has 2 aromatic carbocycles. The molecule has 120 valence electrons. The first-order chi connectivity index (χ1) is 10.9. The quantitative estimate of drug-likeness (QED) is 0.736. The van der Waals surface area contributed by atoms with E-state index in [4.69, 9.17) is 51.1 Å². The van der Waals surface area contributed by atoms with Gasteiger partial charge in [-0.25, -0.2) is 4.79 Å². The summed E-state index contributed by atoms with van der Waals surface area (Å²) >= 11 is 23.4. The van der Waals surface area contributed by atoms with Gasteiger partial charge in [0.05, 0.1) is 21.3 Å². The molecule has 8 heteroatoms. The van der Waals surface area contributed by atoms with Gasteiger partial charge in [0, 0.05) is 10.0 Å². The van der Waals surface area contributed by atoms with Gasteiger partial charge in [-0.05, 0) is 36.4 Å². The number of carbonyl (C=O) groups excluding carboxylic acids is 2. The molecule has 2 aromatic rings. The predicted octanol–water partition coefficient (Wildman–Crippen LogP) is 5.10. The van der Waals surface area contributed by atoms with E-state index in [0.29, 0.717) is 10.0 Å². The molecule has 0 heterocycles. The minimum Gasteiger partial charge on any atom is -0.452 e. The van der Waals surface area contributed by atoms with Crippen LogP contribution in [0.2, 0.25) is 20.1 Å². The molecule has 2 rings (SSSR count). The monoisotopic (exact) mass is 391 g/mol. The van der Waals surface area contributed by atoms with E-state index in [0.717, 1.165) is 0 Å². The fourth-order valence-electron chi connectivity index (χ4n) is 1.64. The Hall–Kier alpha value is -1.46. The lowest BCUT2D eigenvalue weighted by molar-refractivity contribution is -0.119. The normalized spacial score (nSPS) is 10.3. The van der Waals surface area contributed by atoms with E-state index in [1.807, 2.05) is 0 Å². The summed E-state index contributed by atoms with van der Waals surface area (Å²) in [7, 11) is 0. The van der Waals surface area contributed by atoms with Crippen LogP contribution in [0.25, 0.3) is 0 Å². The third kappa shape index (κ3) is 5.01. The fourth-order valence-corrected chi connectivity index (χ4v) is 2.67. The molecule has 1 N–H and O–H groups in total. The number of anilines is 1. The Balaban J connectivity index is 1.95. The maximum absolute atomic E-state index is 11.8. The maximum Gasteiger partial charge on any atom is 0.338 e. The molecule has 1 amide bonds. The highest BCUT2D eigenvalue weighted by molar-refractivity contribution is 6.42. The standard InChI is InChI=1S/C15H9Cl4NO3/c16-9-3-1-8(2-4-9)15(22)23-7-13(21)20-14-11(18)5-10(17)6-12(14)19/h1-6H,7H2,(H,20,21). The van der Waals surface area contributed by atoms with E-state index in [1.54, 1.807) is 12.1 Å². The van der Waals surface area contributed by atoms with Crippen molar-refractivity contribution < 1.29 is 14.3 Å². The summed E-state index contributed by atoms with van der Waals surface area (Å²) in [6.07, 6.45) is 0. The van der Waals surface area contributed by atoms with Crippen LogP contribution in [0.5, 0.6) is 0 Å². The Kier molecular flexibility index (Phi) is 6.13. The zero-order chi connectivity index (χ0) is 17.0. The zero-order valence-corrected chi connectivity index (χ0v) is 14.4. The SMILES string of the molecule is O=C(COC(=O)c1ccc(Cl)cc1)Nc1c(Cl)cc(Cl)cc1Cl. The van der Waals surface area contributed by atoms with Crippen LogP contribution < -0.4 is 5.32 Å². The van der Waals surface area contributed by atoms with E-state index in [1.165, 1.54) is 24.3 Å². The number of ether oxygens (including phenoxy) is 1. The van der Waals surface area contributed by atoms with Crippen molar-refractivity contribution in [1.82, 2.24) is 0 Å². The fraction of sp³-hybridized carbons (Fsp3) is 0.0667. The summed E-state index contributed by atoms with van der Waals surface area (Å²) in [6.45, 7) is -0.489. The van der Waals surface area contributed by atoms with Crippen molar-refractivity contribution >= 4 is 64.0 Å². The van der Waals surface area contributed by atoms with Crippen LogP contribution in [0.1, 0.15) is 10.4 Å². The van der Waals surface area contributed by atoms with Crippen molar-refractivity contribution in [2.24, 2.45) is 0 Å². The molecular weight excluding hydrogens is 384 g/mol. The lowest BCUT2D eigenvalue weighted by Crippen LogP contribution is -2.21. The van der Waals surface area contributed by atoms with Crippen LogP contribution in [0.15, 0.2) is 36.4 Å². The first-order valence-corrected chi connectivity index (χ1v) is 7.75. The lowest BCUT2D eigenvalue weighted by Gasteiger charge is -2.10. The second kappa shape index (κ2) is 7.88. The Bertz CT molecular complexity index is 724. The van der Waals surface area contributed by atoms with Gasteiger partial charge in [0.2, 0.25) is 0 Å². The maximum atomic E-state index is 11.8. The van der Waals surface area contributed by atoms with E-state index in [-0.39, 0.29) is 21.3 Å². The van der Waals surface area contributed by atoms with Crippen LogP contribution in [-0.2, 0) is 9.53 Å². The summed E-state index contributed by atoms with van der Waals surface area (Å²) < 4.78 is 4.90. The van der Waals surface area contributed by atoms with Gasteiger partial charge in [-0.1, -0.05) is 46.4 Å². The number of benzene rings is 2. The molecule has 0 unspecified atom stereocenters. The van der Waals surface area contributed by atoms with Gasteiger partial charge < -0.3 is 10.1 Å². The number of rotatable bonds is 4. The van der Waals surface area contributed by atoms with E-state index in [9.17, 15) is 9.59 Å². The van der Waals surface area contributed by atoms with Crippen LogP contribution >= 0.6 is 46.4 Å². The van der Waals surface area contributed by atoms with Crippen molar-refractivity contribution in [1.29, 1.82) is 0 Å². The zero-order valence-electron chi connectivity index (χ0n) is 11.4. The number of hydrogen-bond donors (Lipinski definition) is 1. The first kappa shape index (κ1) is 17.9. The van der Waals surface area contributed by atoms with Gasteiger partial charge in [-0.3, -0.25) is 4.79 Å². The minimum atomic E-state index is -0.648. The Morgan fingerprint density at radius 2 is 1.48 bits per heavy atom. The summed E-state index contributed by atoms with van der Waals surface area (Å²) in [5, 5.41) is 3.65. The van der Waals surface area contributed by atoms with Gasteiger partial charge >= 0.3 is 5.97 Å². The molecule has 0 spiro atoms. The molecule has 0 radical (unpaired) electrons. The molecule has 0 atom stereocenters. The summed E-state index contributed by atoms with van der Waals surface area (Å²) in [6, 6.07) is 8.95. The molecular formula is C15H9Cl4NO3. The molecule has 0 fully saturated rings. The van der Waals surface area contributed by atoms with Gasteiger partial charge in [0.25, 0.3) is 5.91 Å². The Labute approximate surface area is 152 Å². The summed E-state index contributed by atoms with van der Waals surface area (Å²) in [4.78, 5) is 23.6. The molecule has 0 saturated carbocycles. The number of esters is 1. The number of amides is 1. The molecule has 0 bridgehead atoms. The number of nitrogens with one attached hydrogen (secondary N) is 1. The average molecular weight is 393 g/mol. The van der Waals surface area contributed by atoms with Crippen LogP contribution in [-0.4, -0.2) is 18.5 Å². The number of carbonyl (C=O) groups is 2. The molecule has 0 saturated heterocycles. The van der Waals surface area contributed by atoms with Crippen LogP contribution in [0.3, 0.4) is 0 Å². The van der Waals surface area contributed by atoms with E-state index < -0.39 is 18.5 Å². The number of hydrogen-bond acceptors (Lipinski definition) is 3. The van der Waals surface area contributed by atoms with Crippen molar-refractivity contribution in [3.8, 4) is 0 Å².